The van der Waals surface area contributed by atoms with E-state index in [1.807, 2.05) is 11.0 Å². The number of rotatable bonds is 3. The quantitative estimate of drug-likeness (QED) is 0.912. The van der Waals surface area contributed by atoms with Crippen LogP contribution in [0.5, 0.6) is 0 Å². The molecule has 1 unspecified atom stereocenters. The van der Waals surface area contributed by atoms with Crippen molar-refractivity contribution in [2.24, 2.45) is 5.73 Å². The lowest BCUT2D eigenvalue weighted by atomic mass is 9.98. The largest absolute Gasteiger partial charge is 0.336 e. The Morgan fingerprint density at radius 2 is 2.26 bits per heavy atom. The zero-order valence-electron chi connectivity index (χ0n) is 10.7. The van der Waals surface area contributed by atoms with Gasteiger partial charge >= 0.3 is 0 Å². The average Bonchev–Trinajstić information content (AvgIpc) is 2.42. The van der Waals surface area contributed by atoms with E-state index in [2.05, 4.69) is 15.9 Å². The molecule has 104 valence electrons. The Balaban J connectivity index is 2.23. The maximum absolute atomic E-state index is 12.7. The molecule has 2 rings (SSSR count). The molecule has 1 aliphatic heterocycles. The van der Waals surface area contributed by atoms with E-state index < -0.39 is 0 Å². The van der Waals surface area contributed by atoms with Gasteiger partial charge in [0.15, 0.2) is 0 Å². The van der Waals surface area contributed by atoms with E-state index in [1.54, 1.807) is 12.1 Å². The average molecular weight is 346 g/mol. The molecule has 0 aliphatic carbocycles. The molecule has 0 aromatic heterocycles. The second kappa shape index (κ2) is 6.73. The first-order valence-corrected chi connectivity index (χ1v) is 7.76. The highest BCUT2D eigenvalue weighted by molar-refractivity contribution is 9.10. The topological polar surface area (TPSA) is 46.3 Å². The van der Waals surface area contributed by atoms with Crippen LogP contribution >= 0.6 is 27.5 Å². The summed E-state index contributed by atoms with van der Waals surface area (Å²) in [5.74, 6) is 0.0486. The van der Waals surface area contributed by atoms with E-state index >= 15 is 0 Å². The van der Waals surface area contributed by atoms with Crippen LogP contribution in [0.3, 0.4) is 0 Å². The van der Waals surface area contributed by atoms with Gasteiger partial charge < -0.3 is 10.6 Å². The minimum absolute atomic E-state index is 0.0486. The summed E-state index contributed by atoms with van der Waals surface area (Å²) >= 11 is 9.41. The fourth-order valence-electron chi connectivity index (χ4n) is 2.58. The number of carbonyl (C=O) groups is 1. The third-order valence-corrected chi connectivity index (χ3v) is 4.47. The van der Waals surface area contributed by atoms with E-state index in [0.717, 1.165) is 30.3 Å². The standard InChI is InChI=1S/C14H18BrClN2O/c15-13-5-4-10(16)9-12(13)14(19)18-8-2-1-3-11(18)6-7-17/h4-5,9,11H,1-3,6-8,17H2. The van der Waals surface area contributed by atoms with Crippen LogP contribution in [0.15, 0.2) is 22.7 Å². The first kappa shape index (κ1) is 14.8. The van der Waals surface area contributed by atoms with E-state index in [-0.39, 0.29) is 11.9 Å². The van der Waals surface area contributed by atoms with Crippen molar-refractivity contribution >= 4 is 33.4 Å². The fraction of sp³-hybridized carbons (Fsp3) is 0.500. The number of amides is 1. The Hall–Kier alpha value is -0.580. The van der Waals surface area contributed by atoms with Gasteiger partial charge in [-0.05, 0) is 66.4 Å². The van der Waals surface area contributed by atoms with Crippen LogP contribution in [0.1, 0.15) is 36.0 Å². The van der Waals surface area contributed by atoms with Gasteiger partial charge in [-0.3, -0.25) is 4.79 Å². The van der Waals surface area contributed by atoms with Gasteiger partial charge in [0.25, 0.3) is 5.91 Å². The number of halogens is 2. The number of benzene rings is 1. The minimum atomic E-state index is 0.0486. The van der Waals surface area contributed by atoms with Gasteiger partial charge in [-0.1, -0.05) is 11.6 Å². The number of hydrogen-bond acceptors (Lipinski definition) is 2. The molecule has 1 fully saturated rings. The smallest absolute Gasteiger partial charge is 0.255 e. The number of nitrogens with two attached hydrogens (primary N) is 1. The summed E-state index contributed by atoms with van der Waals surface area (Å²) in [7, 11) is 0. The van der Waals surface area contributed by atoms with Crippen LogP contribution in [0.4, 0.5) is 0 Å². The van der Waals surface area contributed by atoms with Crippen LogP contribution < -0.4 is 5.73 Å². The number of likely N-dealkylation sites (tertiary alicyclic amines) is 1. The van der Waals surface area contributed by atoms with Crippen molar-refractivity contribution in [1.82, 2.24) is 4.90 Å². The second-order valence-corrected chi connectivity index (χ2v) is 6.14. The molecule has 5 heteroatoms. The van der Waals surface area contributed by atoms with E-state index in [1.165, 1.54) is 6.42 Å². The second-order valence-electron chi connectivity index (χ2n) is 4.85. The predicted molar refractivity (Wildman–Crippen MR) is 81.5 cm³/mol. The van der Waals surface area contributed by atoms with Crippen molar-refractivity contribution in [2.45, 2.75) is 31.7 Å². The van der Waals surface area contributed by atoms with Crippen molar-refractivity contribution in [3.05, 3.63) is 33.3 Å². The lowest BCUT2D eigenvalue weighted by molar-refractivity contribution is 0.0604. The lowest BCUT2D eigenvalue weighted by Crippen LogP contribution is -2.44. The monoisotopic (exact) mass is 344 g/mol. The fourth-order valence-corrected chi connectivity index (χ4v) is 3.16. The van der Waals surface area contributed by atoms with Crippen LogP contribution in [0.25, 0.3) is 0 Å². The molecule has 1 aromatic carbocycles. The van der Waals surface area contributed by atoms with Crippen LogP contribution in [0.2, 0.25) is 5.02 Å². The van der Waals surface area contributed by atoms with Crippen LogP contribution in [-0.2, 0) is 0 Å². The van der Waals surface area contributed by atoms with Gasteiger partial charge in [0, 0.05) is 22.1 Å². The van der Waals surface area contributed by atoms with Crippen molar-refractivity contribution in [3.63, 3.8) is 0 Å². The summed E-state index contributed by atoms with van der Waals surface area (Å²) in [6.45, 7) is 1.42. The minimum Gasteiger partial charge on any atom is -0.336 e. The summed E-state index contributed by atoms with van der Waals surface area (Å²) in [6, 6.07) is 5.58. The van der Waals surface area contributed by atoms with E-state index in [4.69, 9.17) is 17.3 Å². The van der Waals surface area contributed by atoms with Gasteiger partial charge in [-0.2, -0.15) is 0 Å². The van der Waals surface area contributed by atoms with Crippen LogP contribution in [0, 0.1) is 0 Å². The molecule has 0 bridgehead atoms. The molecule has 1 heterocycles. The normalized spacial score (nSPS) is 19.5. The summed E-state index contributed by atoms with van der Waals surface area (Å²) in [6.07, 6.45) is 4.14. The highest BCUT2D eigenvalue weighted by Crippen LogP contribution is 2.26. The molecular weight excluding hydrogens is 328 g/mol. The summed E-state index contributed by atoms with van der Waals surface area (Å²) in [4.78, 5) is 14.6. The van der Waals surface area contributed by atoms with Crippen molar-refractivity contribution in [1.29, 1.82) is 0 Å². The van der Waals surface area contributed by atoms with Gasteiger partial charge in [-0.15, -0.1) is 0 Å². The van der Waals surface area contributed by atoms with Gasteiger partial charge in [-0.25, -0.2) is 0 Å². The molecule has 1 atom stereocenters. The highest BCUT2D eigenvalue weighted by Gasteiger charge is 2.27. The molecule has 1 amide bonds. The Bertz CT molecular complexity index is 465. The molecular formula is C14H18BrClN2O. The predicted octanol–water partition coefficient (Wildman–Crippen LogP) is 3.45. The Labute approximate surface area is 127 Å². The molecule has 1 aromatic rings. The molecule has 0 radical (unpaired) electrons. The third-order valence-electron chi connectivity index (χ3n) is 3.55. The molecule has 19 heavy (non-hydrogen) atoms. The van der Waals surface area contributed by atoms with Crippen LogP contribution in [-0.4, -0.2) is 29.9 Å². The summed E-state index contributed by atoms with van der Waals surface area (Å²) in [5, 5.41) is 0.582. The number of hydrogen-bond donors (Lipinski definition) is 1. The highest BCUT2D eigenvalue weighted by atomic mass is 79.9. The third kappa shape index (κ3) is 3.50. The SMILES string of the molecule is NCCC1CCCCN1C(=O)c1cc(Cl)ccc1Br. The number of nitrogens with zero attached hydrogens (tertiary/aromatic N) is 1. The lowest BCUT2D eigenvalue weighted by Gasteiger charge is -2.36. The molecule has 3 nitrogen and oxygen atoms in total. The molecule has 1 aliphatic rings. The van der Waals surface area contributed by atoms with E-state index in [9.17, 15) is 4.79 Å². The molecule has 2 N–H and O–H groups in total. The molecule has 0 spiro atoms. The van der Waals surface area contributed by atoms with Crippen molar-refractivity contribution < 1.29 is 4.79 Å². The van der Waals surface area contributed by atoms with Crippen molar-refractivity contribution in [2.75, 3.05) is 13.1 Å². The molecule has 0 saturated carbocycles. The summed E-state index contributed by atoms with van der Waals surface area (Å²) < 4.78 is 0.791. The maximum atomic E-state index is 12.7. The zero-order valence-corrected chi connectivity index (χ0v) is 13.1. The van der Waals surface area contributed by atoms with Crippen molar-refractivity contribution in [3.8, 4) is 0 Å². The van der Waals surface area contributed by atoms with Gasteiger partial charge in [0.1, 0.15) is 0 Å². The Morgan fingerprint density at radius 3 is 3.00 bits per heavy atom. The zero-order chi connectivity index (χ0) is 13.8. The number of carbonyl (C=O) groups excluding carboxylic acids is 1. The first-order valence-electron chi connectivity index (χ1n) is 6.59. The first-order chi connectivity index (χ1) is 9.13. The molecule has 1 saturated heterocycles. The maximum Gasteiger partial charge on any atom is 0.255 e. The van der Waals surface area contributed by atoms with Gasteiger partial charge in [0.05, 0.1) is 5.56 Å². The van der Waals surface area contributed by atoms with Gasteiger partial charge in [0.2, 0.25) is 0 Å². The summed E-state index contributed by atoms with van der Waals surface area (Å²) in [5.41, 5.74) is 6.28. The Kier molecular flexibility index (Phi) is 5.25. The number of piperidine rings is 1. The van der Waals surface area contributed by atoms with E-state index in [0.29, 0.717) is 17.1 Å². The Morgan fingerprint density at radius 1 is 1.47 bits per heavy atom.